The lowest BCUT2D eigenvalue weighted by atomic mass is 9.85. The molecule has 0 amide bonds. The van der Waals surface area contributed by atoms with Crippen LogP contribution in [0.25, 0.3) is 0 Å². The predicted octanol–water partition coefficient (Wildman–Crippen LogP) is 2.96. The Bertz CT molecular complexity index is 832. The van der Waals surface area contributed by atoms with Crippen LogP contribution in [0.1, 0.15) is 40.0 Å². The minimum atomic E-state index is -0.801. The minimum Gasteiger partial charge on any atom is -0.458 e. The zero-order valence-electron chi connectivity index (χ0n) is 17.6. The summed E-state index contributed by atoms with van der Waals surface area (Å²) in [6, 6.07) is 0. The highest BCUT2D eigenvalue weighted by Crippen LogP contribution is 2.37. The highest BCUT2D eigenvalue weighted by atomic mass is 16.7. The summed E-state index contributed by atoms with van der Waals surface area (Å²) in [7, 11) is 0. The molecule has 30 heavy (non-hydrogen) atoms. The molecule has 0 radical (unpaired) electrons. The maximum Gasteiger partial charge on any atom is 0.336 e. The number of carbonyl (C=O) groups excluding carboxylic acids is 3. The van der Waals surface area contributed by atoms with Gasteiger partial charge < -0.3 is 18.9 Å². The molecule has 0 N–H and O–H groups in total. The van der Waals surface area contributed by atoms with E-state index >= 15 is 0 Å². The van der Waals surface area contributed by atoms with Crippen LogP contribution in [0, 0.1) is 5.92 Å². The van der Waals surface area contributed by atoms with Gasteiger partial charge in [0, 0.05) is 12.0 Å². The SMILES string of the molecule is C=C1C(=O)O[C@@H]2/C=C(/C=O)CC/C=C(\C)C[C@H](OC(=O)C(=C)[C@@H]3COC(C)(C)O3)[C@@H]12. The topological polar surface area (TPSA) is 88.1 Å². The molecule has 0 aromatic carbocycles. The predicted molar refractivity (Wildman–Crippen MR) is 108 cm³/mol. The second-order valence-corrected chi connectivity index (χ2v) is 8.36. The van der Waals surface area contributed by atoms with E-state index in [0.29, 0.717) is 24.8 Å². The van der Waals surface area contributed by atoms with Crippen molar-refractivity contribution >= 4 is 18.2 Å². The smallest absolute Gasteiger partial charge is 0.336 e. The Hall–Kier alpha value is -2.51. The first-order chi connectivity index (χ1) is 14.1. The maximum atomic E-state index is 12.9. The Balaban J connectivity index is 1.85. The third kappa shape index (κ3) is 4.79. The molecule has 2 heterocycles. The number of carbonyl (C=O) groups is 3. The van der Waals surface area contributed by atoms with Crippen LogP contribution in [0.4, 0.5) is 0 Å². The Morgan fingerprint density at radius 1 is 1.37 bits per heavy atom. The highest BCUT2D eigenvalue weighted by Gasteiger charge is 2.45. The van der Waals surface area contributed by atoms with Crippen molar-refractivity contribution in [2.75, 3.05) is 6.61 Å². The third-order valence-electron chi connectivity index (χ3n) is 5.56. The van der Waals surface area contributed by atoms with Crippen LogP contribution in [-0.2, 0) is 33.3 Å². The lowest BCUT2D eigenvalue weighted by molar-refractivity contribution is -0.151. The molecule has 2 aliphatic heterocycles. The first kappa shape index (κ1) is 22.2. The van der Waals surface area contributed by atoms with Gasteiger partial charge in [0.05, 0.1) is 18.1 Å². The van der Waals surface area contributed by atoms with Crippen LogP contribution in [0.2, 0.25) is 0 Å². The molecule has 1 aliphatic carbocycles. The van der Waals surface area contributed by atoms with E-state index in [1.54, 1.807) is 19.9 Å². The van der Waals surface area contributed by atoms with E-state index in [-0.39, 0.29) is 17.8 Å². The zero-order chi connectivity index (χ0) is 22.1. The normalized spacial score (nSPS) is 34.6. The summed E-state index contributed by atoms with van der Waals surface area (Å²) in [5.74, 6) is -2.57. The van der Waals surface area contributed by atoms with Gasteiger partial charge >= 0.3 is 11.9 Å². The number of esters is 2. The van der Waals surface area contributed by atoms with Crippen LogP contribution in [0.15, 0.2) is 47.6 Å². The van der Waals surface area contributed by atoms with Gasteiger partial charge in [-0.2, -0.15) is 0 Å². The molecule has 7 nitrogen and oxygen atoms in total. The van der Waals surface area contributed by atoms with E-state index in [2.05, 4.69) is 13.2 Å². The van der Waals surface area contributed by atoms with E-state index in [1.165, 1.54) is 0 Å². The molecule has 0 bridgehead atoms. The molecule has 2 fully saturated rings. The highest BCUT2D eigenvalue weighted by molar-refractivity contribution is 5.92. The van der Waals surface area contributed by atoms with E-state index in [9.17, 15) is 14.4 Å². The van der Waals surface area contributed by atoms with Gasteiger partial charge in [-0.25, -0.2) is 9.59 Å². The van der Waals surface area contributed by atoms with Gasteiger partial charge in [-0.05, 0) is 45.3 Å². The fourth-order valence-electron chi connectivity index (χ4n) is 3.90. The van der Waals surface area contributed by atoms with Gasteiger partial charge in [0.1, 0.15) is 24.6 Å². The molecule has 162 valence electrons. The van der Waals surface area contributed by atoms with Crippen molar-refractivity contribution in [2.45, 2.75) is 64.1 Å². The van der Waals surface area contributed by atoms with Crippen molar-refractivity contribution in [1.82, 2.24) is 0 Å². The summed E-state index contributed by atoms with van der Waals surface area (Å²) < 4.78 is 22.4. The monoisotopic (exact) mass is 416 g/mol. The Labute approximate surface area is 176 Å². The van der Waals surface area contributed by atoms with Crippen molar-refractivity contribution < 1.29 is 33.3 Å². The van der Waals surface area contributed by atoms with Gasteiger partial charge in [0.2, 0.25) is 0 Å². The minimum absolute atomic E-state index is 0.149. The quantitative estimate of drug-likeness (QED) is 0.301. The molecule has 0 aromatic rings. The molecule has 0 spiro atoms. The van der Waals surface area contributed by atoms with Crippen LogP contribution in [-0.4, -0.2) is 48.9 Å². The molecule has 4 atom stereocenters. The first-order valence-electron chi connectivity index (χ1n) is 10.0. The average molecular weight is 416 g/mol. The summed E-state index contributed by atoms with van der Waals surface area (Å²) >= 11 is 0. The summed E-state index contributed by atoms with van der Waals surface area (Å²) in [5.41, 5.74) is 1.89. The summed E-state index contributed by atoms with van der Waals surface area (Å²) in [4.78, 5) is 36.5. The number of aldehydes is 1. The van der Waals surface area contributed by atoms with Crippen LogP contribution < -0.4 is 0 Å². The standard InChI is InChI=1S/C23H28O7/c1-13-7-6-8-16(11-24)10-18-20(15(3)22(26)29-18)17(9-13)28-21(25)14(2)19-12-27-23(4,5)30-19/h7,10-11,17-20H,2-3,6,8-9,12H2,1,4-5H3/b13-7+,16-10+/t17-,18+,19-,20+/m0/s1. The van der Waals surface area contributed by atoms with Gasteiger partial charge in [-0.15, -0.1) is 0 Å². The zero-order valence-corrected chi connectivity index (χ0v) is 17.6. The van der Waals surface area contributed by atoms with Crippen LogP contribution >= 0.6 is 0 Å². The van der Waals surface area contributed by atoms with Crippen molar-refractivity contribution in [3.63, 3.8) is 0 Å². The van der Waals surface area contributed by atoms with Gasteiger partial charge in [-0.3, -0.25) is 4.79 Å². The third-order valence-corrected chi connectivity index (χ3v) is 5.56. The van der Waals surface area contributed by atoms with Gasteiger partial charge in [-0.1, -0.05) is 24.8 Å². The molecule has 3 rings (SSSR count). The maximum absolute atomic E-state index is 12.9. The van der Waals surface area contributed by atoms with Crippen LogP contribution in [0.3, 0.4) is 0 Å². The van der Waals surface area contributed by atoms with Gasteiger partial charge in [0.15, 0.2) is 5.79 Å². The summed E-state index contributed by atoms with van der Waals surface area (Å²) in [6.45, 7) is 13.3. The molecule has 0 saturated carbocycles. The van der Waals surface area contributed by atoms with Gasteiger partial charge in [0.25, 0.3) is 0 Å². The van der Waals surface area contributed by atoms with E-state index in [0.717, 1.165) is 11.9 Å². The molecular formula is C23H28O7. The largest absolute Gasteiger partial charge is 0.458 e. The summed E-state index contributed by atoms with van der Waals surface area (Å²) in [5, 5.41) is 0. The number of fused-ring (bicyclic) bond motifs is 1. The number of allylic oxidation sites excluding steroid dienone is 2. The van der Waals surface area contributed by atoms with Crippen LogP contribution in [0.5, 0.6) is 0 Å². The Morgan fingerprint density at radius 2 is 2.10 bits per heavy atom. The fourth-order valence-corrected chi connectivity index (χ4v) is 3.90. The lowest BCUT2D eigenvalue weighted by Gasteiger charge is -2.28. The molecule has 0 unspecified atom stereocenters. The molecule has 3 aliphatic rings. The number of rotatable bonds is 4. The van der Waals surface area contributed by atoms with Crippen molar-refractivity contribution in [3.8, 4) is 0 Å². The first-order valence-corrected chi connectivity index (χ1v) is 10.0. The number of ether oxygens (including phenoxy) is 4. The number of hydrogen-bond acceptors (Lipinski definition) is 7. The number of hydrogen-bond donors (Lipinski definition) is 0. The van der Waals surface area contributed by atoms with E-state index < -0.39 is 42.0 Å². The Morgan fingerprint density at radius 3 is 2.73 bits per heavy atom. The van der Waals surface area contributed by atoms with E-state index in [1.807, 2.05) is 13.0 Å². The Kier molecular flexibility index (Phi) is 6.43. The lowest BCUT2D eigenvalue weighted by Crippen LogP contribution is -2.35. The van der Waals surface area contributed by atoms with Crippen molar-refractivity contribution in [3.05, 3.63) is 47.6 Å². The summed E-state index contributed by atoms with van der Waals surface area (Å²) in [6.07, 6.45) is 4.00. The van der Waals surface area contributed by atoms with E-state index in [4.69, 9.17) is 18.9 Å². The second kappa shape index (κ2) is 8.70. The molecule has 2 saturated heterocycles. The molecule has 7 heteroatoms. The average Bonchev–Trinajstić information content (AvgIpc) is 3.18. The fraction of sp³-hybridized carbons (Fsp3) is 0.522. The second-order valence-electron chi connectivity index (χ2n) is 8.36. The molecule has 0 aromatic heterocycles. The van der Waals surface area contributed by atoms with Crippen molar-refractivity contribution in [1.29, 1.82) is 0 Å². The van der Waals surface area contributed by atoms with Crippen molar-refractivity contribution in [2.24, 2.45) is 5.92 Å². The molecular weight excluding hydrogens is 388 g/mol.